The van der Waals surface area contributed by atoms with E-state index in [1.165, 1.54) is 30.5 Å². The molecule has 12 heavy (non-hydrogen) atoms. The maximum absolute atomic E-state index is 5.87. The Labute approximate surface area is 77.8 Å². The van der Waals surface area contributed by atoms with Gasteiger partial charge in [-0.05, 0) is 37.3 Å². The number of nitrogens with zero attached hydrogens (tertiary/aromatic N) is 1. The fourth-order valence-corrected chi connectivity index (χ4v) is 1.92. The highest BCUT2D eigenvalue weighted by atomic mass is 35.5. The molecule has 0 saturated carbocycles. The molecule has 0 fully saturated rings. The molecule has 0 N–H and O–H groups in total. The van der Waals surface area contributed by atoms with Gasteiger partial charge in [0.25, 0.3) is 0 Å². The van der Waals surface area contributed by atoms with Gasteiger partial charge in [-0.3, -0.25) is 4.98 Å². The van der Waals surface area contributed by atoms with E-state index >= 15 is 0 Å². The molecule has 0 amide bonds. The number of halogens is 1. The van der Waals surface area contributed by atoms with Gasteiger partial charge in [-0.15, -0.1) is 0 Å². The molecule has 2 rings (SSSR count). The standard InChI is InChI=1S/C10H12ClN/c11-9-6-8-4-2-1-3-5-10(8)12-7-9/h6-7H,1-5H2. The zero-order chi connectivity index (χ0) is 8.39. The molecule has 0 atom stereocenters. The highest BCUT2D eigenvalue weighted by molar-refractivity contribution is 6.30. The van der Waals surface area contributed by atoms with Gasteiger partial charge in [0.15, 0.2) is 0 Å². The van der Waals surface area contributed by atoms with E-state index in [2.05, 4.69) is 11.1 Å². The van der Waals surface area contributed by atoms with Crippen LogP contribution in [0, 0.1) is 0 Å². The van der Waals surface area contributed by atoms with Gasteiger partial charge >= 0.3 is 0 Å². The fraction of sp³-hybridized carbons (Fsp3) is 0.500. The van der Waals surface area contributed by atoms with Gasteiger partial charge in [-0.2, -0.15) is 0 Å². The van der Waals surface area contributed by atoms with Gasteiger partial charge in [-0.1, -0.05) is 18.0 Å². The van der Waals surface area contributed by atoms with E-state index < -0.39 is 0 Å². The number of aromatic nitrogens is 1. The number of rotatable bonds is 0. The molecule has 2 heteroatoms. The van der Waals surface area contributed by atoms with E-state index in [0.717, 1.165) is 17.9 Å². The third kappa shape index (κ3) is 1.61. The highest BCUT2D eigenvalue weighted by Gasteiger charge is 2.08. The minimum absolute atomic E-state index is 0.774. The maximum Gasteiger partial charge on any atom is 0.0592 e. The molecular weight excluding hydrogens is 170 g/mol. The topological polar surface area (TPSA) is 12.9 Å². The zero-order valence-electron chi connectivity index (χ0n) is 7.02. The van der Waals surface area contributed by atoms with Crippen molar-refractivity contribution in [2.24, 2.45) is 0 Å². The summed E-state index contributed by atoms with van der Waals surface area (Å²) in [6.07, 6.45) is 7.94. The molecule has 1 aliphatic carbocycles. The summed E-state index contributed by atoms with van der Waals surface area (Å²) in [6, 6.07) is 2.06. The molecule has 1 aromatic heterocycles. The lowest BCUT2D eigenvalue weighted by atomic mass is 10.1. The van der Waals surface area contributed by atoms with Crippen molar-refractivity contribution in [1.82, 2.24) is 4.98 Å². The van der Waals surface area contributed by atoms with Crippen LogP contribution in [-0.2, 0) is 12.8 Å². The van der Waals surface area contributed by atoms with Crippen molar-refractivity contribution in [3.8, 4) is 0 Å². The third-order valence-corrected chi connectivity index (χ3v) is 2.59. The van der Waals surface area contributed by atoms with Gasteiger partial charge in [0.05, 0.1) is 5.02 Å². The smallest absolute Gasteiger partial charge is 0.0592 e. The van der Waals surface area contributed by atoms with Crippen molar-refractivity contribution in [2.75, 3.05) is 0 Å². The summed E-state index contributed by atoms with van der Waals surface area (Å²) in [4.78, 5) is 4.35. The summed E-state index contributed by atoms with van der Waals surface area (Å²) in [7, 11) is 0. The Bertz CT molecular complexity index is 283. The second-order valence-electron chi connectivity index (χ2n) is 3.32. The fourth-order valence-electron chi connectivity index (χ4n) is 1.74. The molecule has 0 unspecified atom stereocenters. The quantitative estimate of drug-likeness (QED) is 0.561. The van der Waals surface area contributed by atoms with Crippen molar-refractivity contribution in [3.05, 3.63) is 28.5 Å². The second kappa shape index (κ2) is 3.44. The monoisotopic (exact) mass is 181 g/mol. The lowest BCUT2D eigenvalue weighted by Crippen LogP contribution is -1.94. The van der Waals surface area contributed by atoms with Crippen LogP contribution in [0.2, 0.25) is 5.02 Å². The largest absolute Gasteiger partial charge is 0.259 e. The normalized spacial score (nSPS) is 16.8. The molecule has 0 aliphatic heterocycles. The Morgan fingerprint density at radius 1 is 1.17 bits per heavy atom. The molecular formula is C10H12ClN. The Morgan fingerprint density at radius 2 is 2.00 bits per heavy atom. The van der Waals surface area contributed by atoms with Gasteiger partial charge < -0.3 is 0 Å². The zero-order valence-corrected chi connectivity index (χ0v) is 7.77. The number of hydrogen-bond acceptors (Lipinski definition) is 1. The minimum Gasteiger partial charge on any atom is -0.259 e. The molecule has 0 spiro atoms. The molecule has 0 aromatic carbocycles. The first kappa shape index (κ1) is 8.06. The van der Waals surface area contributed by atoms with E-state index in [0.29, 0.717) is 0 Å². The molecule has 1 heterocycles. The van der Waals surface area contributed by atoms with E-state index in [1.807, 2.05) is 0 Å². The Kier molecular flexibility index (Phi) is 2.31. The molecule has 1 nitrogen and oxygen atoms in total. The van der Waals surface area contributed by atoms with Crippen LogP contribution >= 0.6 is 11.6 Å². The summed E-state index contributed by atoms with van der Waals surface area (Å²) in [5.74, 6) is 0. The number of pyridine rings is 1. The van der Waals surface area contributed by atoms with E-state index in [9.17, 15) is 0 Å². The first-order valence-electron chi connectivity index (χ1n) is 4.49. The average Bonchev–Trinajstić information content (AvgIpc) is 2.28. The van der Waals surface area contributed by atoms with E-state index in [-0.39, 0.29) is 0 Å². The third-order valence-electron chi connectivity index (χ3n) is 2.39. The van der Waals surface area contributed by atoms with Crippen LogP contribution in [0.25, 0.3) is 0 Å². The summed E-state index contributed by atoms with van der Waals surface area (Å²) < 4.78 is 0. The Balaban J connectivity index is 2.36. The molecule has 0 radical (unpaired) electrons. The number of hydrogen-bond donors (Lipinski definition) is 0. The summed E-state index contributed by atoms with van der Waals surface area (Å²) >= 11 is 5.87. The van der Waals surface area contributed by atoms with Crippen molar-refractivity contribution in [1.29, 1.82) is 0 Å². The van der Waals surface area contributed by atoms with Crippen LogP contribution in [0.3, 0.4) is 0 Å². The van der Waals surface area contributed by atoms with Crippen molar-refractivity contribution in [3.63, 3.8) is 0 Å². The molecule has 0 bridgehead atoms. The van der Waals surface area contributed by atoms with E-state index in [1.54, 1.807) is 6.20 Å². The summed E-state index contributed by atoms with van der Waals surface area (Å²) in [5, 5.41) is 0.774. The molecule has 1 aliphatic rings. The van der Waals surface area contributed by atoms with Gasteiger partial charge in [-0.25, -0.2) is 0 Å². The van der Waals surface area contributed by atoms with Crippen molar-refractivity contribution >= 4 is 11.6 Å². The first-order valence-corrected chi connectivity index (χ1v) is 4.87. The molecule has 64 valence electrons. The average molecular weight is 182 g/mol. The Morgan fingerprint density at radius 3 is 2.92 bits per heavy atom. The molecule has 1 aromatic rings. The van der Waals surface area contributed by atoms with Crippen LogP contribution in [0.4, 0.5) is 0 Å². The van der Waals surface area contributed by atoms with Crippen molar-refractivity contribution in [2.45, 2.75) is 32.1 Å². The molecule has 0 saturated heterocycles. The van der Waals surface area contributed by atoms with Crippen molar-refractivity contribution < 1.29 is 0 Å². The number of fused-ring (bicyclic) bond motifs is 1. The van der Waals surface area contributed by atoms with Crippen LogP contribution < -0.4 is 0 Å². The van der Waals surface area contributed by atoms with Crippen LogP contribution in [0.1, 0.15) is 30.5 Å². The van der Waals surface area contributed by atoms with Crippen LogP contribution in [0.15, 0.2) is 12.3 Å². The SMILES string of the molecule is Clc1cnc2c(c1)CCCCC2. The first-order chi connectivity index (χ1) is 5.86. The highest BCUT2D eigenvalue weighted by Crippen LogP contribution is 2.21. The lowest BCUT2D eigenvalue weighted by molar-refractivity contribution is 0.708. The van der Waals surface area contributed by atoms with Crippen LogP contribution in [0.5, 0.6) is 0 Å². The van der Waals surface area contributed by atoms with Gasteiger partial charge in [0.2, 0.25) is 0 Å². The maximum atomic E-state index is 5.87. The summed E-state index contributed by atoms with van der Waals surface area (Å²) in [5.41, 5.74) is 2.62. The van der Waals surface area contributed by atoms with Gasteiger partial charge in [0.1, 0.15) is 0 Å². The predicted molar refractivity (Wildman–Crippen MR) is 50.5 cm³/mol. The lowest BCUT2D eigenvalue weighted by Gasteiger charge is -2.03. The van der Waals surface area contributed by atoms with Crippen LogP contribution in [-0.4, -0.2) is 4.98 Å². The second-order valence-corrected chi connectivity index (χ2v) is 3.76. The minimum atomic E-state index is 0.774. The van der Waals surface area contributed by atoms with E-state index in [4.69, 9.17) is 11.6 Å². The van der Waals surface area contributed by atoms with Gasteiger partial charge in [0, 0.05) is 11.9 Å². The summed E-state index contributed by atoms with van der Waals surface area (Å²) in [6.45, 7) is 0. The predicted octanol–water partition coefficient (Wildman–Crippen LogP) is 3.00. The number of aryl methyl sites for hydroxylation is 2. The Hall–Kier alpha value is -0.560.